The number of anilines is 2. The number of benzene rings is 2. The highest BCUT2D eigenvalue weighted by Gasteiger charge is 2.08. The van der Waals surface area contributed by atoms with Crippen molar-refractivity contribution in [2.45, 2.75) is 0 Å². The Hall–Kier alpha value is -0.320. The van der Waals surface area contributed by atoms with E-state index < -0.39 is 0 Å². The molecule has 0 unspecified atom stereocenters. The molecule has 82 valence electrons. The molecule has 0 spiro atoms. The van der Waals surface area contributed by atoms with Gasteiger partial charge in [-0.15, -0.1) is 0 Å². The Labute approximate surface area is 120 Å². The van der Waals surface area contributed by atoms with Gasteiger partial charge in [-0.25, -0.2) is 0 Å². The van der Waals surface area contributed by atoms with Crippen LogP contribution in [-0.4, -0.2) is 0 Å². The van der Waals surface area contributed by atoms with Crippen LogP contribution in [-0.2, 0) is 0 Å². The van der Waals surface area contributed by atoms with Crippen molar-refractivity contribution in [3.8, 4) is 0 Å². The first-order valence-corrected chi connectivity index (χ1v) is 7.02. The molecule has 0 fully saturated rings. The highest BCUT2D eigenvalue weighted by atomic mass is 79.9. The summed E-state index contributed by atoms with van der Waals surface area (Å²) in [6.07, 6.45) is 0. The van der Waals surface area contributed by atoms with E-state index in [9.17, 15) is 0 Å². The summed E-state index contributed by atoms with van der Waals surface area (Å²) in [6.45, 7) is 0. The summed E-state index contributed by atoms with van der Waals surface area (Å²) in [4.78, 5) is 0. The van der Waals surface area contributed by atoms with E-state index in [-0.39, 0.29) is 0 Å². The third-order valence-electron chi connectivity index (χ3n) is 2.09. The molecule has 0 aliphatic heterocycles. The molecule has 0 atom stereocenters. The normalized spacial score (nSPS) is 10.2. The summed E-state index contributed by atoms with van der Waals surface area (Å²) in [7, 11) is 0. The first-order valence-electron chi connectivity index (χ1n) is 4.64. The van der Waals surface area contributed by atoms with Crippen molar-refractivity contribution in [3.63, 3.8) is 0 Å². The van der Waals surface area contributed by atoms with Crippen LogP contribution in [0.4, 0.5) is 11.4 Å². The third kappa shape index (κ3) is 2.67. The number of rotatable bonds is 2. The second-order valence-corrected chi connectivity index (χ2v) is 5.71. The molecule has 0 saturated carbocycles. The zero-order valence-electron chi connectivity index (χ0n) is 8.18. The Balaban J connectivity index is 2.38. The molecular formula is C12H8Br3N. The molecule has 2 aromatic rings. The fraction of sp³-hybridized carbons (Fsp3) is 0. The maximum Gasteiger partial charge on any atom is 0.0684 e. The minimum Gasteiger partial charge on any atom is -0.354 e. The molecule has 0 aliphatic rings. The number of nitrogens with one attached hydrogen (secondary N) is 1. The molecule has 4 heteroatoms. The average Bonchev–Trinajstić information content (AvgIpc) is 2.31. The summed E-state index contributed by atoms with van der Waals surface area (Å²) in [6, 6.07) is 14.0. The van der Waals surface area contributed by atoms with E-state index in [1.54, 1.807) is 0 Å². The van der Waals surface area contributed by atoms with Crippen molar-refractivity contribution in [3.05, 3.63) is 55.9 Å². The van der Waals surface area contributed by atoms with Crippen LogP contribution in [0.5, 0.6) is 0 Å². The summed E-state index contributed by atoms with van der Waals surface area (Å²) in [5, 5.41) is 3.36. The molecule has 0 heterocycles. The lowest BCUT2D eigenvalue weighted by Gasteiger charge is -2.11. The van der Waals surface area contributed by atoms with E-state index in [0.29, 0.717) is 0 Å². The Morgan fingerprint density at radius 3 is 2.06 bits per heavy atom. The van der Waals surface area contributed by atoms with Crippen LogP contribution in [0.2, 0.25) is 0 Å². The second-order valence-electron chi connectivity index (χ2n) is 3.21. The van der Waals surface area contributed by atoms with Crippen LogP contribution in [0.1, 0.15) is 0 Å². The van der Waals surface area contributed by atoms with Crippen LogP contribution in [0, 0.1) is 0 Å². The molecular weight excluding hydrogens is 398 g/mol. The molecule has 16 heavy (non-hydrogen) atoms. The maximum absolute atomic E-state index is 3.55. The molecule has 0 bridgehead atoms. The van der Waals surface area contributed by atoms with Crippen molar-refractivity contribution in [2.75, 3.05) is 5.32 Å². The van der Waals surface area contributed by atoms with E-state index in [1.165, 1.54) is 0 Å². The van der Waals surface area contributed by atoms with Crippen LogP contribution in [0.3, 0.4) is 0 Å². The predicted octanol–water partition coefficient (Wildman–Crippen LogP) is 5.72. The van der Waals surface area contributed by atoms with Gasteiger partial charge in [0.2, 0.25) is 0 Å². The van der Waals surface area contributed by atoms with Crippen molar-refractivity contribution in [1.29, 1.82) is 0 Å². The van der Waals surface area contributed by atoms with Gasteiger partial charge in [0.25, 0.3) is 0 Å². The Morgan fingerprint density at radius 1 is 0.750 bits per heavy atom. The van der Waals surface area contributed by atoms with Gasteiger partial charge < -0.3 is 5.32 Å². The fourth-order valence-corrected chi connectivity index (χ4v) is 2.78. The minimum absolute atomic E-state index is 1.01. The third-order valence-corrected chi connectivity index (χ3v) is 4.76. The van der Waals surface area contributed by atoms with Crippen LogP contribution >= 0.6 is 47.8 Å². The first-order chi connectivity index (χ1) is 7.68. The molecule has 0 saturated heterocycles. The van der Waals surface area contributed by atoms with Gasteiger partial charge in [-0.1, -0.05) is 18.2 Å². The molecule has 2 rings (SSSR count). The molecule has 0 aromatic heterocycles. The van der Waals surface area contributed by atoms with Crippen molar-refractivity contribution in [2.24, 2.45) is 0 Å². The molecule has 2 aromatic carbocycles. The summed E-state index contributed by atoms with van der Waals surface area (Å²) < 4.78 is 3.05. The van der Waals surface area contributed by atoms with Gasteiger partial charge in [0.05, 0.1) is 10.2 Å². The maximum atomic E-state index is 3.55. The highest BCUT2D eigenvalue weighted by molar-refractivity contribution is 9.13. The van der Waals surface area contributed by atoms with E-state index in [0.717, 1.165) is 24.8 Å². The van der Waals surface area contributed by atoms with Gasteiger partial charge in [0.15, 0.2) is 0 Å². The zero-order valence-corrected chi connectivity index (χ0v) is 12.9. The lowest BCUT2D eigenvalue weighted by molar-refractivity contribution is 1.47. The highest BCUT2D eigenvalue weighted by Crippen LogP contribution is 2.38. The molecule has 1 nitrogen and oxygen atoms in total. The number of para-hydroxylation sites is 1. The van der Waals surface area contributed by atoms with E-state index in [4.69, 9.17) is 0 Å². The summed E-state index contributed by atoms with van der Waals surface area (Å²) >= 11 is 10.6. The Morgan fingerprint density at radius 2 is 1.38 bits per heavy atom. The average molecular weight is 406 g/mol. The zero-order chi connectivity index (χ0) is 11.5. The SMILES string of the molecule is Brc1ccc(Br)c(Nc2ccccc2)c1Br. The standard InChI is InChI=1S/C12H8Br3N/c13-9-6-7-10(14)12(11(9)15)16-8-4-2-1-3-5-8/h1-7,16H. The minimum atomic E-state index is 1.01. The van der Waals surface area contributed by atoms with Gasteiger partial charge in [-0.05, 0) is 72.1 Å². The Kier molecular flexibility index (Phi) is 4.05. The largest absolute Gasteiger partial charge is 0.354 e. The van der Waals surface area contributed by atoms with Gasteiger partial charge in [-0.2, -0.15) is 0 Å². The number of halogens is 3. The number of hydrogen-bond acceptors (Lipinski definition) is 1. The summed E-state index contributed by atoms with van der Waals surface area (Å²) in [5.41, 5.74) is 2.07. The first kappa shape index (κ1) is 12.1. The van der Waals surface area contributed by atoms with Crippen molar-refractivity contribution < 1.29 is 0 Å². The fourth-order valence-electron chi connectivity index (χ4n) is 1.31. The van der Waals surface area contributed by atoms with Gasteiger partial charge in [0, 0.05) is 14.6 Å². The smallest absolute Gasteiger partial charge is 0.0684 e. The predicted molar refractivity (Wildman–Crippen MR) is 79.3 cm³/mol. The molecule has 0 aliphatic carbocycles. The van der Waals surface area contributed by atoms with Gasteiger partial charge in [-0.3, -0.25) is 0 Å². The van der Waals surface area contributed by atoms with Crippen molar-refractivity contribution in [1.82, 2.24) is 0 Å². The lowest BCUT2D eigenvalue weighted by atomic mass is 10.3. The van der Waals surface area contributed by atoms with E-state index in [2.05, 4.69) is 53.1 Å². The lowest BCUT2D eigenvalue weighted by Crippen LogP contribution is -1.92. The van der Waals surface area contributed by atoms with Crippen LogP contribution < -0.4 is 5.32 Å². The quantitative estimate of drug-likeness (QED) is 0.630. The topological polar surface area (TPSA) is 12.0 Å². The summed E-state index contributed by atoms with van der Waals surface area (Å²) in [5.74, 6) is 0. The molecule has 0 radical (unpaired) electrons. The second kappa shape index (κ2) is 5.34. The van der Waals surface area contributed by atoms with Gasteiger partial charge >= 0.3 is 0 Å². The van der Waals surface area contributed by atoms with Crippen LogP contribution in [0.15, 0.2) is 55.9 Å². The number of hydrogen-bond donors (Lipinski definition) is 1. The Bertz CT molecular complexity index is 497. The molecule has 0 amide bonds. The molecule has 1 N–H and O–H groups in total. The van der Waals surface area contributed by atoms with Crippen LogP contribution in [0.25, 0.3) is 0 Å². The van der Waals surface area contributed by atoms with Crippen molar-refractivity contribution >= 4 is 59.2 Å². The monoisotopic (exact) mass is 403 g/mol. The van der Waals surface area contributed by atoms with E-state index in [1.807, 2.05) is 42.5 Å². The van der Waals surface area contributed by atoms with Gasteiger partial charge in [0.1, 0.15) is 0 Å². The van der Waals surface area contributed by atoms with E-state index >= 15 is 0 Å².